The molecule has 0 aliphatic carbocycles. The van der Waals surface area contributed by atoms with Crippen molar-refractivity contribution in [2.24, 2.45) is 0 Å². The third-order valence-electron chi connectivity index (χ3n) is 7.65. The van der Waals surface area contributed by atoms with Gasteiger partial charge >= 0.3 is 17.6 Å². The first-order valence-corrected chi connectivity index (χ1v) is 14.5. The van der Waals surface area contributed by atoms with Gasteiger partial charge in [0.05, 0.1) is 20.8 Å². The molecule has 1 saturated heterocycles. The van der Waals surface area contributed by atoms with E-state index in [1.807, 2.05) is 78.9 Å². The van der Waals surface area contributed by atoms with E-state index in [-0.39, 0.29) is 6.61 Å². The molecule has 12 nitrogen and oxygen atoms in total. The predicted octanol–water partition coefficient (Wildman–Crippen LogP) is 3.32. The van der Waals surface area contributed by atoms with Gasteiger partial charge in [0.2, 0.25) is 0 Å². The molecule has 240 valence electrons. The minimum absolute atomic E-state index is 0.197. The normalized spacial score (nSPS) is 19.3. The smallest absolute Gasteiger partial charge is 0.330 e. The molecule has 12 heteroatoms. The molecule has 0 unspecified atom stereocenters. The van der Waals surface area contributed by atoms with Crippen molar-refractivity contribution in [1.82, 2.24) is 9.55 Å². The van der Waals surface area contributed by atoms with Crippen LogP contribution < -0.4 is 20.7 Å². The van der Waals surface area contributed by atoms with Crippen LogP contribution in [0, 0.1) is 0 Å². The Morgan fingerprint density at radius 3 is 1.78 bits per heavy atom. The zero-order valence-corrected chi connectivity index (χ0v) is 25.7. The maximum Gasteiger partial charge on any atom is 0.330 e. The molecule has 4 atom stereocenters. The van der Waals surface area contributed by atoms with Crippen molar-refractivity contribution >= 4 is 11.9 Å². The fourth-order valence-electron chi connectivity index (χ4n) is 5.63. The van der Waals surface area contributed by atoms with E-state index in [0.717, 1.165) is 27.3 Å². The molecule has 1 N–H and O–H groups in total. The van der Waals surface area contributed by atoms with Crippen LogP contribution in [0.1, 0.15) is 36.8 Å². The summed E-state index contributed by atoms with van der Waals surface area (Å²) in [7, 11) is 3.16. The molecule has 1 aromatic heterocycles. The van der Waals surface area contributed by atoms with Crippen LogP contribution in [0.5, 0.6) is 11.5 Å². The lowest BCUT2D eigenvalue weighted by atomic mass is 9.80. The van der Waals surface area contributed by atoms with E-state index in [2.05, 4.69) is 4.98 Å². The van der Waals surface area contributed by atoms with Crippen LogP contribution in [0.15, 0.2) is 101 Å². The van der Waals surface area contributed by atoms with Gasteiger partial charge in [-0.2, -0.15) is 0 Å². The van der Waals surface area contributed by atoms with Crippen LogP contribution in [0.4, 0.5) is 0 Å². The molecule has 2 heterocycles. The van der Waals surface area contributed by atoms with Gasteiger partial charge in [-0.05, 0) is 41.0 Å². The van der Waals surface area contributed by atoms with Gasteiger partial charge < -0.3 is 28.4 Å². The molecule has 1 aliphatic heterocycles. The molecule has 0 amide bonds. The van der Waals surface area contributed by atoms with Crippen LogP contribution in [0.3, 0.4) is 0 Å². The fraction of sp³-hybridized carbons (Fsp3) is 0.294. The summed E-state index contributed by atoms with van der Waals surface area (Å²) in [6.07, 6.45) is -3.48. The lowest BCUT2D eigenvalue weighted by Gasteiger charge is -2.37. The van der Waals surface area contributed by atoms with E-state index in [0.29, 0.717) is 11.5 Å². The van der Waals surface area contributed by atoms with Gasteiger partial charge in [-0.25, -0.2) is 4.79 Å². The second-order valence-corrected chi connectivity index (χ2v) is 10.5. The van der Waals surface area contributed by atoms with E-state index in [1.54, 1.807) is 14.2 Å². The Balaban J connectivity index is 1.63. The van der Waals surface area contributed by atoms with E-state index in [1.165, 1.54) is 20.0 Å². The lowest BCUT2D eigenvalue weighted by molar-refractivity contribution is -0.166. The van der Waals surface area contributed by atoms with E-state index in [4.69, 9.17) is 28.4 Å². The van der Waals surface area contributed by atoms with Crippen molar-refractivity contribution in [3.63, 3.8) is 0 Å². The molecule has 0 bridgehead atoms. The van der Waals surface area contributed by atoms with E-state index < -0.39 is 53.3 Å². The highest BCUT2D eigenvalue weighted by atomic mass is 16.7. The third kappa shape index (κ3) is 6.58. The largest absolute Gasteiger partial charge is 0.497 e. The Kier molecular flexibility index (Phi) is 9.69. The summed E-state index contributed by atoms with van der Waals surface area (Å²) in [6, 6.07) is 25.5. The molecule has 0 saturated carbocycles. The third-order valence-corrected chi connectivity index (χ3v) is 7.65. The number of methoxy groups -OCH3 is 2. The Hall–Kier alpha value is -5.20. The average molecular weight is 631 g/mol. The standard InChI is InChI=1S/C34H34N2O10/c1-21(37)44-30-28(46-32(31(30)45-22(2)38)36-19-18-29(39)35-33(36)40)20-43-34(23-8-6-5-7-9-23,24-10-14-26(41-3)15-11-24)25-12-16-27(42-4)17-13-25/h5-19,28,30-32H,20H2,1-4H3,(H,35,39,40)/t28-,30-,31-,32-/m1/s1. The van der Waals surface area contributed by atoms with Gasteiger partial charge in [0, 0.05) is 26.1 Å². The van der Waals surface area contributed by atoms with E-state index in [9.17, 15) is 19.2 Å². The first kappa shape index (κ1) is 32.2. The SMILES string of the molecule is COc1ccc(C(OC[C@H]2O[C@@H](n3ccc(=O)[nH]c3=O)[C@H](OC(C)=O)[C@@H]2OC(C)=O)(c2ccccc2)c2ccc(OC)cc2)cc1. The van der Waals surface area contributed by atoms with Crippen LogP contribution in [-0.4, -0.2) is 60.6 Å². The number of H-pyrrole nitrogens is 1. The zero-order chi connectivity index (χ0) is 32.8. The number of hydrogen-bond donors (Lipinski definition) is 1. The van der Waals surface area contributed by atoms with Gasteiger partial charge in [0.25, 0.3) is 5.56 Å². The van der Waals surface area contributed by atoms with Crippen molar-refractivity contribution in [2.75, 3.05) is 20.8 Å². The molecule has 5 rings (SSSR count). The number of carbonyl (C=O) groups excluding carboxylic acids is 2. The van der Waals surface area contributed by atoms with Crippen molar-refractivity contribution in [2.45, 2.75) is 44.0 Å². The molecular formula is C34H34N2O10. The summed E-state index contributed by atoms with van der Waals surface area (Å²) >= 11 is 0. The second-order valence-electron chi connectivity index (χ2n) is 10.5. The number of esters is 2. The number of nitrogens with zero attached hydrogens (tertiary/aromatic N) is 1. The van der Waals surface area contributed by atoms with E-state index >= 15 is 0 Å². The van der Waals surface area contributed by atoms with Crippen molar-refractivity contribution in [3.8, 4) is 11.5 Å². The Morgan fingerprint density at radius 1 is 0.761 bits per heavy atom. The second kappa shape index (κ2) is 13.8. The molecule has 46 heavy (non-hydrogen) atoms. The highest BCUT2D eigenvalue weighted by Crippen LogP contribution is 2.43. The van der Waals surface area contributed by atoms with Gasteiger partial charge in [0.1, 0.15) is 23.2 Å². The number of benzene rings is 3. The van der Waals surface area contributed by atoms with Gasteiger partial charge in [-0.3, -0.25) is 23.9 Å². The minimum atomic E-state index is -1.25. The zero-order valence-electron chi connectivity index (χ0n) is 25.7. The monoisotopic (exact) mass is 630 g/mol. The van der Waals surface area contributed by atoms with Crippen LogP contribution in [0.25, 0.3) is 0 Å². The average Bonchev–Trinajstić information content (AvgIpc) is 3.37. The lowest BCUT2D eigenvalue weighted by Crippen LogP contribution is -2.43. The van der Waals surface area contributed by atoms with Crippen LogP contribution in [0.2, 0.25) is 0 Å². The molecular weight excluding hydrogens is 596 g/mol. The molecule has 0 spiro atoms. The number of ether oxygens (including phenoxy) is 6. The Labute approximate surface area is 264 Å². The summed E-state index contributed by atoms with van der Waals surface area (Å²) in [5.41, 5.74) is -0.391. The number of aromatic nitrogens is 2. The first-order valence-electron chi connectivity index (χ1n) is 14.5. The maximum absolute atomic E-state index is 12.8. The molecule has 3 aromatic carbocycles. The number of nitrogens with one attached hydrogen (secondary N) is 1. The number of carbonyl (C=O) groups is 2. The topological polar surface area (TPSA) is 144 Å². The van der Waals surface area contributed by atoms with Crippen molar-refractivity contribution < 1.29 is 38.0 Å². The number of aromatic amines is 1. The highest BCUT2D eigenvalue weighted by molar-refractivity contribution is 5.67. The Morgan fingerprint density at radius 2 is 1.28 bits per heavy atom. The summed E-state index contributed by atoms with van der Waals surface area (Å²) in [4.78, 5) is 51.3. The van der Waals surface area contributed by atoms with Crippen molar-refractivity contribution in [3.05, 3.63) is 129 Å². The van der Waals surface area contributed by atoms with Crippen LogP contribution >= 0.6 is 0 Å². The number of hydrogen-bond acceptors (Lipinski definition) is 10. The predicted molar refractivity (Wildman–Crippen MR) is 165 cm³/mol. The van der Waals surface area contributed by atoms with Gasteiger partial charge in [-0.1, -0.05) is 54.6 Å². The number of rotatable bonds is 11. The quantitative estimate of drug-likeness (QED) is 0.194. The van der Waals surface area contributed by atoms with Crippen molar-refractivity contribution in [1.29, 1.82) is 0 Å². The molecule has 4 aromatic rings. The summed E-state index contributed by atoms with van der Waals surface area (Å²) in [6.45, 7) is 2.21. The Bertz CT molecular complexity index is 1720. The maximum atomic E-state index is 12.8. The summed E-state index contributed by atoms with van der Waals surface area (Å²) < 4.78 is 36.3. The molecule has 1 aliphatic rings. The first-order chi connectivity index (χ1) is 22.2. The highest BCUT2D eigenvalue weighted by Gasteiger charge is 2.51. The molecule has 1 fully saturated rings. The van der Waals surface area contributed by atoms with Gasteiger partial charge in [0.15, 0.2) is 18.4 Å². The summed E-state index contributed by atoms with van der Waals surface area (Å²) in [5.74, 6) is -0.0597. The van der Waals surface area contributed by atoms with Crippen LogP contribution in [-0.2, 0) is 34.1 Å². The minimum Gasteiger partial charge on any atom is -0.497 e. The summed E-state index contributed by atoms with van der Waals surface area (Å²) in [5, 5.41) is 0. The molecule has 0 radical (unpaired) electrons. The van der Waals surface area contributed by atoms with Gasteiger partial charge in [-0.15, -0.1) is 0 Å². The fourth-order valence-corrected chi connectivity index (χ4v) is 5.63.